The Hall–Kier alpha value is -2.59. The lowest BCUT2D eigenvalue weighted by atomic mass is 10.0. The van der Waals surface area contributed by atoms with E-state index >= 15 is 0 Å². The van der Waals surface area contributed by atoms with Crippen molar-refractivity contribution in [2.75, 3.05) is 7.11 Å². The highest BCUT2D eigenvalue weighted by atomic mass is 32.1. The Balaban J connectivity index is 1.79. The maximum Gasteiger partial charge on any atom is 0.225 e. The summed E-state index contributed by atoms with van der Waals surface area (Å²) in [4.78, 5) is 13.7. The minimum absolute atomic E-state index is 0.0262. The zero-order chi connectivity index (χ0) is 16.8. The first kappa shape index (κ1) is 16.3. The fourth-order valence-corrected chi connectivity index (χ4v) is 3.46. The van der Waals surface area contributed by atoms with Crippen molar-refractivity contribution in [3.8, 4) is 5.75 Å². The van der Waals surface area contributed by atoms with Crippen molar-refractivity contribution in [1.82, 2.24) is 5.32 Å². The van der Waals surface area contributed by atoms with Gasteiger partial charge in [0.15, 0.2) is 0 Å². The standard InChI is InChI=1S/C20H19NO2S/c1-23-17-11-6-5-10-16(17)14-19(22)21-20(18-12-7-13-24-18)15-8-3-2-4-9-15/h2-13,20H,14H2,1H3,(H,21,22)/t20-/m0/s1. The highest BCUT2D eigenvalue weighted by Crippen LogP contribution is 2.26. The number of hydrogen-bond acceptors (Lipinski definition) is 3. The summed E-state index contributed by atoms with van der Waals surface area (Å²) in [6.07, 6.45) is 0.290. The predicted molar refractivity (Wildman–Crippen MR) is 97.4 cm³/mol. The molecule has 0 unspecified atom stereocenters. The van der Waals surface area contributed by atoms with Gasteiger partial charge in [-0.05, 0) is 23.1 Å². The molecule has 3 aromatic rings. The van der Waals surface area contributed by atoms with Gasteiger partial charge in [0.2, 0.25) is 5.91 Å². The monoisotopic (exact) mass is 337 g/mol. The number of carbonyl (C=O) groups excluding carboxylic acids is 1. The van der Waals surface area contributed by atoms with E-state index < -0.39 is 0 Å². The van der Waals surface area contributed by atoms with Gasteiger partial charge >= 0.3 is 0 Å². The summed E-state index contributed by atoms with van der Waals surface area (Å²) < 4.78 is 5.33. The molecule has 122 valence electrons. The van der Waals surface area contributed by atoms with Gasteiger partial charge < -0.3 is 10.1 Å². The summed E-state index contributed by atoms with van der Waals surface area (Å²) in [5.74, 6) is 0.710. The van der Waals surface area contributed by atoms with Crippen molar-refractivity contribution in [2.24, 2.45) is 0 Å². The van der Waals surface area contributed by atoms with Crippen molar-refractivity contribution in [3.05, 3.63) is 88.1 Å². The van der Waals surface area contributed by atoms with Gasteiger partial charge in [0.1, 0.15) is 5.75 Å². The molecule has 1 atom stereocenters. The van der Waals surface area contributed by atoms with E-state index in [0.717, 1.165) is 21.8 Å². The molecular formula is C20H19NO2S. The molecule has 0 aliphatic rings. The van der Waals surface area contributed by atoms with E-state index in [0.29, 0.717) is 6.42 Å². The Bertz CT molecular complexity index is 784. The van der Waals surface area contributed by atoms with Crippen molar-refractivity contribution in [2.45, 2.75) is 12.5 Å². The number of hydrogen-bond donors (Lipinski definition) is 1. The third kappa shape index (κ3) is 3.84. The van der Waals surface area contributed by atoms with Gasteiger partial charge in [-0.1, -0.05) is 54.6 Å². The minimum Gasteiger partial charge on any atom is -0.496 e. The summed E-state index contributed by atoms with van der Waals surface area (Å²) in [5, 5.41) is 5.18. The third-order valence-electron chi connectivity index (χ3n) is 3.81. The SMILES string of the molecule is COc1ccccc1CC(=O)N[C@@H](c1ccccc1)c1cccs1. The van der Waals surface area contributed by atoms with E-state index in [1.165, 1.54) is 0 Å². The molecule has 0 saturated carbocycles. The topological polar surface area (TPSA) is 38.3 Å². The Morgan fingerprint density at radius 3 is 2.50 bits per heavy atom. The quantitative estimate of drug-likeness (QED) is 0.732. The van der Waals surface area contributed by atoms with Crippen LogP contribution in [0.2, 0.25) is 0 Å². The van der Waals surface area contributed by atoms with Crippen LogP contribution in [0.4, 0.5) is 0 Å². The molecule has 1 heterocycles. The number of amides is 1. The van der Waals surface area contributed by atoms with Gasteiger partial charge in [-0.3, -0.25) is 4.79 Å². The number of carbonyl (C=O) groups is 1. The van der Waals surface area contributed by atoms with Crippen LogP contribution in [0, 0.1) is 0 Å². The van der Waals surface area contributed by atoms with Gasteiger partial charge in [-0.15, -0.1) is 11.3 Å². The highest BCUT2D eigenvalue weighted by molar-refractivity contribution is 7.10. The van der Waals surface area contributed by atoms with Crippen LogP contribution in [-0.2, 0) is 11.2 Å². The molecule has 0 aliphatic carbocycles. The minimum atomic E-state index is -0.131. The number of rotatable bonds is 6. The molecule has 2 aromatic carbocycles. The molecule has 1 N–H and O–H groups in total. The fourth-order valence-electron chi connectivity index (χ4n) is 2.65. The van der Waals surface area contributed by atoms with Crippen LogP contribution in [0.3, 0.4) is 0 Å². The number of nitrogens with one attached hydrogen (secondary N) is 1. The molecule has 0 fully saturated rings. The molecule has 1 amide bonds. The zero-order valence-electron chi connectivity index (χ0n) is 13.4. The molecule has 24 heavy (non-hydrogen) atoms. The molecule has 0 bridgehead atoms. The average Bonchev–Trinajstić information content (AvgIpc) is 3.15. The number of ether oxygens (including phenoxy) is 1. The van der Waals surface area contributed by atoms with Crippen molar-refractivity contribution in [3.63, 3.8) is 0 Å². The van der Waals surface area contributed by atoms with Crippen LogP contribution in [0.1, 0.15) is 22.0 Å². The van der Waals surface area contributed by atoms with Crippen LogP contribution in [-0.4, -0.2) is 13.0 Å². The van der Waals surface area contributed by atoms with E-state index in [4.69, 9.17) is 4.74 Å². The Morgan fingerprint density at radius 2 is 1.79 bits per heavy atom. The smallest absolute Gasteiger partial charge is 0.225 e. The lowest BCUT2D eigenvalue weighted by molar-refractivity contribution is -0.120. The van der Waals surface area contributed by atoms with Crippen molar-refractivity contribution >= 4 is 17.2 Å². The Labute approximate surface area is 145 Å². The van der Waals surface area contributed by atoms with E-state index in [9.17, 15) is 4.79 Å². The van der Waals surface area contributed by atoms with E-state index in [1.807, 2.05) is 72.1 Å². The molecule has 0 radical (unpaired) electrons. The summed E-state index contributed by atoms with van der Waals surface area (Å²) in [6.45, 7) is 0. The molecule has 3 nitrogen and oxygen atoms in total. The first-order valence-electron chi connectivity index (χ1n) is 7.77. The Morgan fingerprint density at radius 1 is 1.04 bits per heavy atom. The molecule has 3 rings (SSSR count). The predicted octanol–water partition coefficient (Wildman–Crippen LogP) is 4.21. The van der Waals surface area contributed by atoms with Crippen molar-refractivity contribution < 1.29 is 9.53 Å². The van der Waals surface area contributed by atoms with E-state index in [1.54, 1.807) is 18.4 Å². The third-order valence-corrected chi connectivity index (χ3v) is 4.75. The normalized spacial score (nSPS) is 11.7. The van der Waals surface area contributed by atoms with E-state index in [2.05, 4.69) is 5.32 Å². The van der Waals surface area contributed by atoms with Gasteiger partial charge in [0.25, 0.3) is 0 Å². The summed E-state index contributed by atoms with van der Waals surface area (Å²) in [7, 11) is 1.62. The van der Waals surface area contributed by atoms with Gasteiger partial charge in [-0.25, -0.2) is 0 Å². The summed E-state index contributed by atoms with van der Waals surface area (Å²) >= 11 is 1.64. The highest BCUT2D eigenvalue weighted by Gasteiger charge is 2.18. The van der Waals surface area contributed by atoms with Gasteiger partial charge in [0, 0.05) is 10.4 Å². The second kappa shape index (κ2) is 7.79. The lowest BCUT2D eigenvalue weighted by Crippen LogP contribution is -2.30. The van der Waals surface area contributed by atoms with E-state index in [-0.39, 0.29) is 11.9 Å². The van der Waals surface area contributed by atoms with Crippen LogP contribution >= 0.6 is 11.3 Å². The molecule has 4 heteroatoms. The lowest BCUT2D eigenvalue weighted by Gasteiger charge is -2.18. The first-order valence-corrected chi connectivity index (χ1v) is 8.65. The molecular weight excluding hydrogens is 318 g/mol. The second-order valence-electron chi connectivity index (χ2n) is 5.42. The van der Waals surface area contributed by atoms with Crippen molar-refractivity contribution in [1.29, 1.82) is 0 Å². The number of thiophene rings is 1. The molecule has 0 spiro atoms. The second-order valence-corrected chi connectivity index (χ2v) is 6.39. The number of benzene rings is 2. The molecule has 1 aromatic heterocycles. The number of methoxy groups -OCH3 is 1. The summed E-state index contributed by atoms with van der Waals surface area (Å²) in [6, 6.07) is 21.6. The molecule has 0 aliphatic heterocycles. The molecule has 0 saturated heterocycles. The van der Waals surface area contributed by atoms with Gasteiger partial charge in [0.05, 0.1) is 19.6 Å². The average molecular weight is 337 g/mol. The van der Waals surface area contributed by atoms with Crippen LogP contribution < -0.4 is 10.1 Å². The zero-order valence-corrected chi connectivity index (χ0v) is 14.3. The fraction of sp³-hybridized carbons (Fsp3) is 0.150. The summed E-state index contributed by atoms with van der Waals surface area (Å²) in [5.41, 5.74) is 1.96. The largest absolute Gasteiger partial charge is 0.496 e. The maximum atomic E-state index is 12.6. The Kier molecular flexibility index (Phi) is 5.29. The van der Waals surface area contributed by atoms with Crippen LogP contribution in [0.25, 0.3) is 0 Å². The first-order chi connectivity index (χ1) is 11.8. The van der Waals surface area contributed by atoms with Gasteiger partial charge in [-0.2, -0.15) is 0 Å². The maximum absolute atomic E-state index is 12.6. The number of para-hydroxylation sites is 1. The van der Waals surface area contributed by atoms with Crippen LogP contribution in [0.5, 0.6) is 5.75 Å². The van der Waals surface area contributed by atoms with Crippen LogP contribution in [0.15, 0.2) is 72.1 Å².